The maximum atomic E-state index is 12.1. The van der Waals surface area contributed by atoms with Crippen molar-refractivity contribution in [1.29, 1.82) is 0 Å². The van der Waals surface area contributed by atoms with Crippen molar-refractivity contribution in [3.05, 3.63) is 0 Å². The highest BCUT2D eigenvalue weighted by Gasteiger charge is 2.30. The lowest BCUT2D eigenvalue weighted by Crippen LogP contribution is -2.43. The molecule has 1 amide bonds. The van der Waals surface area contributed by atoms with E-state index in [-0.39, 0.29) is 11.3 Å². The van der Waals surface area contributed by atoms with Gasteiger partial charge >= 0.3 is 0 Å². The lowest BCUT2D eigenvalue weighted by atomic mass is 9.81. The fourth-order valence-corrected chi connectivity index (χ4v) is 3.64. The molecule has 2 rings (SSSR count). The largest absolute Gasteiger partial charge is 0.352 e. The lowest BCUT2D eigenvalue weighted by molar-refractivity contribution is -0.122. The van der Waals surface area contributed by atoms with Crippen LogP contribution in [-0.2, 0) is 4.79 Å². The molecule has 0 aromatic rings. The summed E-state index contributed by atoms with van der Waals surface area (Å²) in [6.07, 6.45) is 10.8. The maximum Gasteiger partial charge on any atom is 0.238 e. The predicted octanol–water partition coefficient (Wildman–Crippen LogP) is 3.87. The molecule has 2 aliphatic rings. The quantitative estimate of drug-likeness (QED) is 0.776. The summed E-state index contributed by atoms with van der Waals surface area (Å²) in [7, 11) is 0. The Morgan fingerprint density at radius 1 is 1.06 bits per heavy atom. The first-order chi connectivity index (χ1) is 8.66. The van der Waals surface area contributed by atoms with E-state index in [4.69, 9.17) is 11.6 Å². The van der Waals surface area contributed by atoms with Crippen molar-refractivity contribution in [1.82, 2.24) is 5.32 Å². The van der Waals surface area contributed by atoms with Gasteiger partial charge in [-0.3, -0.25) is 4.79 Å². The van der Waals surface area contributed by atoms with Gasteiger partial charge in [-0.25, -0.2) is 0 Å². The molecule has 2 nitrogen and oxygen atoms in total. The summed E-state index contributed by atoms with van der Waals surface area (Å²) in [6.45, 7) is 2.29. The Kier molecular flexibility index (Phi) is 5.35. The first kappa shape index (κ1) is 14.2. The van der Waals surface area contributed by atoms with Crippen molar-refractivity contribution in [2.24, 2.45) is 11.8 Å². The number of hydrogen-bond donors (Lipinski definition) is 1. The molecule has 0 saturated heterocycles. The molecule has 0 aromatic carbocycles. The smallest absolute Gasteiger partial charge is 0.238 e. The van der Waals surface area contributed by atoms with Gasteiger partial charge in [0.15, 0.2) is 0 Å². The van der Waals surface area contributed by atoms with Crippen molar-refractivity contribution in [2.75, 3.05) is 0 Å². The van der Waals surface area contributed by atoms with E-state index in [0.29, 0.717) is 12.0 Å². The van der Waals surface area contributed by atoms with E-state index in [2.05, 4.69) is 12.2 Å². The third-order valence-electron chi connectivity index (χ3n) is 4.68. The second-order valence-corrected chi connectivity index (χ2v) is 6.74. The van der Waals surface area contributed by atoms with Crippen LogP contribution in [0, 0.1) is 11.8 Å². The Hall–Kier alpha value is -0.240. The van der Waals surface area contributed by atoms with Crippen LogP contribution in [0.4, 0.5) is 0 Å². The molecule has 2 fully saturated rings. The number of rotatable bonds is 3. The normalized spacial score (nSPS) is 31.9. The molecular formula is C15H26ClNO. The van der Waals surface area contributed by atoms with Crippen LogP contribution in [0.25, 0.3) is 0 Å². The molecule has 0 radical (unpaired) electrons. The molecule has 2 aliphatic carbocycles. The van der Waals surface area contributed by atoms with Gasteiger partial charge in [0.25, 0.3) is 0 Å². The number of carbonyl (C=O) groups is 1. The van der Waals surface area contributed by atoms with Crippen molar-refractivity contribution >= 4 is 17.5 Å². The molecule has 2 saturated carbocycles. The Morgan fingerprint density at radius 2 is 1.67 bits per heavy atom. The zero-order valence-electron chi connectivity index (χ0n) is 11.5. The number of carbonyl (C=O) groups excluding carboxylic acids is 1. The van der Waals surface area contributed by atoms with Crippen molar-refractivity contribution in [2.45, 2.75) is 76.1 Å². The van der Waals surface area contributed by atoms with E-state index in [1.807, 2.05) is 0 Å². The number of hydrogen-bond acceptors (Lipinski definition) is 1. The monoisotopic (exact) mass is 271 g/mol. The minimum Gasteiger partial charge on any atom is -0.352 e. The second-order valence-electron chi connectivity index (χ2n) is 6.27. The van der Waals surface area contributed by atoms with Crippen LogP contribution < -0.4 is 5.32 Å². The molecule has 104 valence electrons. The zero-order chi connectivity index (χ0) is 13.0. The third-order valence-corrected chi connectivity index (χ3v) is 5.23. The van der Waals surface area contributed by atoms with Crippen LogP contribution in [0.2, 0.25) is 0 Å². The molecule has 1 unspecified atom stereocenters. The van der Waals surface area contributed by atoms with Gasteiger partial charge in [-0.15, -0.1) is 11.6 Å². The summed E-state index contributed by atoms with van der Waals surface area (Å²) in [5, 5.41) is 2.85. The van der Waals surface area contributed by atoms with E-state index in [9.17, 15) is 4.79 Å². The van der Waals surface area contributed by atoms with Crippen molar-refractivity contribution in [3.63, 3.8) is 0 Å². The van der Waals surface area contributed by atoms with E-state index < -0.39 is 0 Å². The topological polar surface area (TPSA) is 29.1 Å². The zero-order valence-corrected chi connectivity index (χ0v) is 12.2. The highest BCUT2D eigenvalue weighted by Crippen LogP contribution is 2.32. The SMILES string of the molecule is CC1CCC(C(Cl)C(=O)NC2CCCCC2)CC1. The first-order valence-corrected chi connectivity index (χ1v) is 8.05. The minimum atomic E-state index is -0.306. The lowest BCUT2D eigenvalue weighted by Gasteiger charge is -2.30. The van der Waals surface area contributed by atoms with Crippen molar-refractivity contribution < 1.29 is 4.79 Å². The van der Waals surface area contributed by atoms with E-state index in [0.717, 1.165) is 31.6 Å². The average Bonchev–Trinajstić information content (AvgIpc) is 2.40. The van der Waals surface area contributed by atoms with Gasteiger partial charge in [-0.05, 0) is 37.5 Å². The Balaban J connectivity index is 1.77. The Morgan fingerprint density at radius 3 is 2.28 bits per heavy atom. The summed E-state index contributed by atoms with van der Waals surface area (Å²) in [4.78, 5) is 12.1. The Bertz CT molecular complexity index is 268. The molecular weight excluding hydrogens is 246 g/mol. The van der Waals surface area contributed by atoms with Gasteiger partial charge < -0.3 is 5.32 Å². The standard InChI is InChI=1S/C15H26ClNO/c1-11-7-9-12(10-8-11)14(16)15(18)17-13-5-3-2-4-6-13/h11-14H,2-10H2,1H3,(H,17,18). The van der Waals surface area contributed by atoms with Crippen LogP contribution in [0.3, 0.4) is 0 Å². The van der Waals surface area contributed by atoms with E-state index >= 15 is 0 Å². The Labute approximate surface area is 116 Å². The number of nitrogens with one attached hydrogen (secondary N) is 1. The van der Waals surface area contributed by atoms with Gasteiger partial charge in [0.1, 0.15) is 5.38 Å². The number of halogens is 1. The first-order valence-electron chi connectivity index (χ1n) is 7.61. The van der Waals surface area contributed by atoms with Gasteiger partial charge in [-0.1, -0.05) is 39.0 Å². The second kappa shape index (κ2) is 6.79. The molecule has 3 heteroatoms. The fourth-order valence-electron chi connectivity index (χ4n) is 3.32. The number of alkyl halides is 1. The molecule has 0 aromatic heterocycles. The third kappa shape index (κ3) is 3.88. The summed E-state index contributed by atoms with van der Waals surface area (Å²) >= 11 is 6.37. The van der Waals surface area contributed by atoms with Crippen LogP contribution in [0.5, 0.6) is 0 Å². The molecule has 1 atom stereocenters. The average molecular weight is 272 g/mol. The highest BCUT2D eigenvalue weighted by atomic mass is 35.5. The summed E-state index contributed by atoms with van der Waals surface area (Å²) < 4.78 is 0. The van der Waals surface area contributed by atoms with Crippen LogP contribution in [0.1, 0.15) is 64.7 Å². The van der Waals surface area contributed by atoms with Gasteiger partial charge in [0.05, 0.1) is 0 Å². The minimum absolute atomic E-state index is 0.0862. The molecule has 18 heavy (non-hydrogen) atoms. The van der Waals surface area contributed by atoms with Gasteiger partial charge in [-0.2, -0.15) is 0 Å². The number of amides is 1. The molecule has 1 N–H and O–H groups in total. The van der Waals surface area contributed by atoms with Crippen molar-refractivity contribution in [3.8, 4) is 0 Å². The highest BCUT2D eigenvalue weighted by molar-refractivity contribution is 6.31. The van der Waals surface area contributed by atoms with Gasteiger partial charge in [0.2, 0.25) is 5.91 Å². The molecule has 0 spiro atoms. The summed E-state index contributed by atoms with van der Waals surface area (Å²) in [5.41, 5.74) is 0. The van der Waals surface area contributed by atoms with E-state index in [1.54, 1.807) is 0 Å². The van der Waals surface area contributed by atoms with Gasteiger partial charge in [0, 0.05) is 6.04 Å². The predicted molar refractivity (Wildman–Crippen MR) is 75.8 cm³/mol. The van der Waals surface area contributed by atoms with E-state index in [1.165, 1.54) is 32.1 Å². The molecule has 0 aliphatic heterocycles. The fraction of sp³-hybridized carbons (Fsp3) is 0.933. The summed E-state index contributed by atoms with van der Waals surface area (Å²) in [6, 6.07) is 0.384. The van der Waals surface area contributed by atoms with Crippen LogP contribution >= 0.6 is 11.6 Å². The summed E-state index contributed by atoms with van der Waals surface area (Å²) in [5.74, 6) is 1.29. The van der Waals surface area contributed by atoms with Crippen LogP contribution in [-0.4, -0.2) is 17.3 Å². The van der Waals surface area contributed by atoms with Crippen LogP contribution in [0.15, 0.2) is 0 Å². The molecule has 0 heterocycles. The molecule has 0 bridgehead atoms. The maximum absolute atomic E-state index is 12.1.